The molecule has 1 aromatic rings. The summed E-state index contributed by atoms with van der Waals surface area (Å²) in [7, 11) is 0. The Labute approximate surface area is 159 Å². The van der Waals surface area contributed by atoms with E-state index in [9.17, 15) is 4.79 Å². The van der Waals surface area contributed by atoms with Crippen molar-refractivity contribution < 1.29 is 4.79 Å². The van der Waals surface area contributed by atoms with Gasteiger partial charge in [0.1, 0.15) is 12.4 Å². The third kappa shape index (κ3) is 4.78. The van der Waals surface area contributed by atoms with E-state index in [4.69, 9.17) is 11.6 Å². The zero-order chi connectivity index (χ0) is 18.4. The number of anilines is 1. The second kappa shape index (κ2) is 9.07. The van der Waals surface area contributed by atoms with Crippen LogP contribution < -0.4 is 15.5 Å². The van der Waals surface area contributed by atoms with Crippen LogP contribution in [0.15, 0.2) is 23.3 Å². The molecule has 2 N–H and O–H groups in total. The lowest BCUT2D eigenvalue weighted by molar-refractivity contribution is -0.128. The molecule has 0 aliphatic carbocycles. The molecule has 0 saturated carbocycles. The zero-order valence-electron chi connectivity index (χ0n) is 15.2. The number of amides is 1. The van der Waals surface area contributed by atoms with Crippen molar-refractivity contribution in [3.05, 3.63) is 23.4 Å². The summed E-state index contributed by atoms with van der Waals surface area (Å²) < 4.78 is 0. The number of hydrogen-bond donors (Lipinski definition) is 2. The van der Waals surface area contributed by atoms with E-state index in [0.29, 0.717) is 11.0 Å². The highest BCUT2D eigenvalue weighted by Gasteiger charge is 2.25. The molecule has 2 fully saturated rings. The molecule has 0 spiro atoms. The molecule has 2 aliphatic rings. The number of aromatic nitrogens is 1. The van der Waals surface area contributed by atoms with Crippen molar-refractivity contribution in [2.75, 3.05) is 44.2 Å². The molecule has 1 unspecified atom stereocenters. The highest BCUT2D eigenvalue weighted by molar-refractivity contribution is 6.32. The number of guanidine groups is 1. The minimum absolute atomic E-state index is 0.105. The number of rotatable bonds is 5. The summed E-state index contributed by atoms with van der Waals surface area (Å²) in [6, 6.07) is 3.94. The third-order valence-corrected chi connectivity index (χ3v) is 5.04. The predicted molar refractivity (Wildman–Crippen MR) is 105 cm³/mol. The van der Waals surface area contributed by atoms with Crippen LogP contribution in [0.25, 0.3) is 0 Å². The highest BCUT2D eigenvalue weighted by Crippen LogP contribution is 2.25. The Morgan fingerprint density at radius 1 is 1.38 bits per heavy atom. The first kappa shape index (κ1) is 18.8. The second-order valence-electron chi connectivity index (χ2n) is 6.67. The van der Waals surface area contributed by atoms with Crippen molar-refractivity contribution in [3.63, 3.8) is 0 Å². The fraction of sp³-hybridized carbons (Fsp3) is 0.611. The molecule has 1 atom stereocenters. The normalized spacial score (nSPS) is 20.5. The number of likely N-dealkylation sites (tertiary alicyclic amines) is 1. The van der Waals surface area contributed by atoms with Crippen LogP contribution in [0.4, 0.5) is 5.82 Å². The fourth-order valence-corrected chi connectivity index (χ4v) is 3.65. The van der Waals surface area contributed by atoms with E-state index >= 15 is 0 Å². The Hall–Kier alpha value is -2.02. The molecule has 2 aliphatic heterocycles. The lowest BCUT2D eigenvalue weighted by Gasteiger charge is -2.20. The molecule has 8 heteroatoms. The van der Waals surface area contributed by atoms with Gasteiger partial charge in [0.25, 0.3) is 0 Å². The van der Waals surface area contributed by atoms with E-state index in [1.165, 1.54) is 0 Å². The van der Waals surface area contributed by atoms with Gasteiger partial charge >= 0.3 is 0 Å². The number of hydrogen-bond acceptors (Lipinski definition) is 4. The van der Waals surface area contributed by atoms with Crippen LogP contribution in [0, 0.1) is 0 Å². The summed E-state index contributed by atoms with van der Waals surface area (Å²) in [5, 5.41) is 7.34. The Bertz CT molecular complexity index is 646. The second-order valence-corrected chi connectivity index (χ2v) is 7.08. The molecule has 1 amide bonds. The molecule has 1 aromatic heterocycles. The quantitative estimate of drug-likeness (QED) is 0.600. The van der Waals surface area contributed by atoms with Crippen LogP contribution >= 0.6 is 11.6 Å². The maximum atomic E-state index is 12.2. The average molecular weight is 379 g/mol. The molecule has 142 valence electrons. The van der Waals surface area contributed by atoms with Crippen LogP contribution in [0.5, 0.6) is 0 Å². The lowest BCUT2D eigenvalue weighted by atomic mass is 10.3. The van der Waals surface area contributed by atoms with E-state index in [-0.39, 0.29) is 18.5 Å². The minimum atomic E-state index is 0.105. The molecular formula is C18H27ClN6O. The summed E-state index contributed by atoms with van der Waals surface area (Å²) in [6.07, 6.45) is 4.93. The first-order valence-corrected chi connectivity index (χ1v) is 9.73. The van der Waals surface area contributed by atoms with E-state index < -0.39 is 0 Å². The number of pyridine rings is 1. The first-order valence-electron chi connectivity index (χ1n) is 9.35. The SMILES string of the molecule is CCNC(=NCC(=O)N1CCCC1)NC1CCN(c2ncccc2Cl)C1. The van der Waals surface area contributed by atoms with Gasteiger partial charge in [-0.3, -0.25) is 4.79 Å². The topological polar surface area (TPSA) is 72.9 Å². The van der Waals surface area contributed by atoms with Crippen molar-refractivity contribution in [2.45, 2.75) is 32.2 Å². The Kier molecular flexibility index (Phi) is 6.55. The Balaban J connectivity index is 1.55. The fourth-order valence-electron chi connectivity index (χ4n) is 3.41. The lowest BCUT2D eigenvalue weighted by Crippen LogP contribution is -2.45. The van der Waals surface area contributed by atoms with E-state index in [0.717, 1.165) is 57.8 Å². The van der Waals surface area contributed by atoms with Gasteiger partial charge in [-0.05, 0) is 38.3 Å². The van der Waals surface area contributed by atoms with Gasteiger partial charge < -0.3 is 20.4 Å². The van der Waals surface area contributed by atoms with E-state index in [2.05, 4.69) is 25.5 Å². The van der Waals surface area contributed by atoms with Crippen LogP contribution in [-0.4, -0.2) is 67.1 Å². The molecular weight excluding hydrogens is 352 g/mol. The molecule has 0 aromatic carbocycles. The maximum Gasteiger partial charge on any atom is 0.244 e. The monoisotopic (exact) mass is 378 g/mol. The van der Waals surface area contributed by atoms with Crippen molar-refractivity contribution in [1.82, 2.24) is 20.5 Å². The highest BCUT2D eigenvalue weighted by atomic mass is 35.5. The number of carbonyl (C=O) groups excluding carboxylic acids is 1. The van der Waals surface area contributed by atoms with Gasteiger partial charge in [-0.15, -0.1) is 0 Å². The zero-order valence-corrected chi connectivity index (χ0v) is 16.0. The van der Waals surface area contributed by atoms with Crippen LogP contribution in [0.3, 0.4) is 0 Å². The predicted octanol–water partition coefficient (Wildman–Crippen LogP) is 1.49. The first-order chi connectivity index (χ1) is 12.7. The number of carbonyl (C=O) groups is 1. The molecule has 0 radical (unpaired) electrons. The number of halogens is 1. The molecule has 0 bridgehead atoms. The summed E-state index contributed by atoms with van der Waals surface area (Å²) in [5.41, 5.74) is 0. The molecule has 3 heterocycles. The van der Waals surface area contributed by atoms with Gasteiger partial charge in [0.15, 0.2) is 5.96 Å². The Morgan fingerprint density at radius 2 is 2.19 bits per heavy atom. The van der Waals surface area contributed by atoms with Crippen molar-refractivity contribution >= 4 is 29.3 Å². The summed E-state index contributed by atoms with van der Waals surface area (Å²) in [6.45, 7) is 6.39. The number of aliphatic imine (C=N–C) groups is 1. The van der Waals surface area contributed by atoms with Crippen LogP contribution in [-0.2, 0) is 4.79 Å². The van der Waals surface area contributed by atoms with Crippen molar-refractivity contribution in [2.24, 2.45) is 4.99 Å². The van der Waals surface area contributed by atoms with Gasteiger partial charge in [-0.25, -0.2) is 9.98 Å². The standard InChI is InChI=1S/C18H27ClN6O/c1-2-20-18(22-12-16(26)24-9-3-4-10-24)23-14-7-11-25(13-14)17-15(19)6-5-8-21-17/h5-6,8,14H,2-4,7,9-13H2,1H3,(H2,20,22,23). The summed E-state index contributed by atoms with van der Waals surface area (Å²) in [4.78, 5) is 25.1. The smallest absolute Gasteiger partial charge is 0.244 e. The molecule has 26 heavy (non-hydrogen) atoms. The van der Waals surface area contributed by atoms with Crippen LogP contribution in [0.2, 0.25) is 5.02 Å². The minimum Gasteiger partial charge on any atom is -0.357 e. The van der Waals surface area contributed by atoms with E-state index in [1.54, 1.807) is 6.20 Å². The van der Waals surface area contributed by atoms with Crippen molar-refractivity contribution in [1.29, 1.82) is 0 Å². The maximum absolute atomic E-state index is 12.2. The number of nitrogens with one attached hydrogen (secondary N) is 2. The molecule has 2 saturated heterocycles. The van der Waals surface area contributed by atoms with Gasteiger partial charge in [-0.1, -0.05) is 11.6 Å². The van der Waals surface area contributed by atoms with E-state index in [1.807, 2.05) is 24.0 Å². The third-order valence-electron chi connectivity index (χ3n) is 4.74. The summed E-state index contributed by atoms with van der Waals surface area (Å²) >= 11 is 6.25. The Morgan fingerprint density at radius 3 is 2.92 bits per heavy atom. The average Bonchev–Trinajstić information content (AvgIpc) is 3.32. The number of nitrogens with zero attached hydrogens (tertiary/aromatic N) is 4. The van der Waals surface area contributed by atoms with Crippen molar-refractivity contribution in [3.8, 4) is 0 Å². The van der Waals surface area contributed by atoms with Gasteiger partial charge in [0.2, 0.25) is 5.91 Å². The van der Waals surface area contributed by atoms with Gasteiger partial charge in [-0.2, -0.15) is 0 Å². The molecule has 7 nitrogen and oxygen atoms in total. The van der Waals surface area contributed by atoms with Gasteiger partial charge in [0, 0.05) is 45.0 Å². The largest absolute Gasteiger partial charge is 0.357 e. The van der Waals surface area contributed by atoms with Gasteiger partial charge in [0.05, 0.1) is 5.02 Å². The summed E-state index contributed by atoms with van der Waals surface area (Å²) in [5.74, 6) is 1.62. The van der Waals surface area contributed by atoms with Crippen LogP contribution in [0.1, 0.15) is 26.2 Å². The molecule has 3 rings (SSSR count).